The van der Waals surface area contributed by atoms with Gasteiger partial charge >= 0.3 is 0 Å². The number of carbonyl (C=O) groups excluding carboxylic acids is 1. The number of phenols is 1. The quantitative estimate of drug-likeness (QED) is 0.605. The van der Waals surface area contributed by atoms with Crippen LogP contribution in [-0.4, -0.2) is 24.2 Å². The van der Waals surface area contributed by atoms with Crippen LogP contribution in [0.25, 0.3) is 0 Å². The van der Waals surface area contributed by atoms with Crippen molar-refractivity contribution in [3.63, 3.8) is 0 Å². The van der Waals surface area contributed by atoms with E-state index in [1.165, 1.54) is 12.1 Å². The van der Waals surface area contributed by atoms with Gasteiger partial charge in [0, 0.05) is 11.3 Å². The number of rotatable bonds is 7. The van der Waals surface area contributed by atoms with Crippen LogP contribution < -0.4 is 14.8 Å². The van der Waals surface area contributed by atoms with Gasteiger partial charge in [-0.25, -0.2) is 0 Å². The predicted molar refractivity (Wildman–Crippen MR) is 89.4 cm³/mol. The number of ether oxygens (including phenoxy) is 2. The third kappa shape index (κ3) is 4.51. The van der Waals surface area contributed by atoms with E-state index < -0.39 is 0 Å². The lowest BCUT2D eigenvalue weighted by Gasteiger charge is -2.12. The third-order valence-electron chi connectivity index (χ3n) is 2.99. The average Bonchev–Trinajstić information content (AvgIpc) is 2.56. The molecular formula is C18H19NO4. The van der Waals surface area contributed by atoms with E-state index in [1.807, 2.05) is 6.92 Å². The van der Waals surface area contributed by atoms with Gasteiger partial charge in [-0.05, 0) is 49.4 Å². The average molecular weight is 313 g/mol. The zero-order valence-corrected chi connectivity index (χ0v) is 12.9. The number of phenolic OH excluding ortho intramolecular Hbond substituents is 1. The molecule has 0 unspecified atom stereocenters. The molecule has 0 aliphatic heterocycles. The Hall–Kier alpha value is -2.95. The molecule has 0 saturated carbocycles. The predicted octanol–water partition coefficient (Wildman–Crippen LogP) is 3.61. The molecule has 5 heteroatoms. The standard InChI is InChI=1S/C18H19NO4/c1-3-11-23-16-10-5-13(12-17(16)22-4-2)18(21)19-14-6-8-15(20)9-7-14/h3,5-10,12,20H,1,4,11H2,2H3,(H,19,21). The Morgan fingerprint density at radius 1 is 1.17 bits per heavy atom. The van der Waals surface area contributed by atoms with Crippen molar-refractivity contribution in [2.45, 2.75) is 6.92 Å². The van der Waals surface area contributed by atoms with Crippen molar-refractivity contribution in [2.24, 2.45) is 0 Å². The SMILES string of the molecule is C=CCOc1ccc(C(=O)Nc2ccc(O)cc2)cc1OCC. The molecule has 0 fully saturated rings. The van der Waals surface area contributed by atoms with Crippen LogP contribution in [0.15, 0.2) is 55.1 Å². The number of amides is 1. The number of hydrogen-bond donors (Lipinski definition) is 2. The first-order valence-corrected chi connectivity index (χ1v) is 7.25. The first-order valence-electron chi connectivity index (χ1n) is 7.25. The minimum Gasteiger partial charge on any atom is -0.508 e. The largest absolute Gasteiger partial charge is 0.508 e. The van der Waals surface area contributed by atoms with E-state index in [-0.39, 0.29) is 11.7 Å². The molecule has 0 radical (unpaired) electrons. The Bertz CT molecular complexity index is 680. The first-order chi connectivity index (χ1) is 11.1. The van der Waals surface area contributed by atoms with E-state index in [2.05, 4.69) is 11.9 Å². The van der Waals surface area contributed by atoms with E-state index in [0.717, 1.165) is 0 Å². The van der Waals surface area contributed by atoms with Crippen molar-refractivity contribution >= 4 is 11.6 Å². The molecule has 0 bridgehead atoms. The van der Waals surface area contributed by atoms with Crippen LogP contribution >= 0.6 is 0 Å². The Balaban J connectivity index is 2.17. The summed E-state index contributed by atoms with van der Waals surface area (Å²) in [6.07, 6.45) is 1.64. The van der Waals surface area contributed by atoms with Crippen LogP contribution in [0.2, 0.25) is 0 Å². The minimum atomic E-state index is -0.271. The number of hydrogen-bond acceptors (Lipinski definition) is 4. The summed E-state index contributed by atoms with van der Waals surface area (Å²) in [7, 11) is 0. The lowest BCUT2D eigenvalue weighted by molar-refractivity contribution is 0.102. The van der Waals surface area contributed by atoms with Gasteiger partial charge in [0.15, 0.2) is 11.5 Å². The number of aromatic hydroxyl groups is 1. The maximum Gasteiger partial charge on any atom is 0.255 e. The first kappa shape index (κ1) is 16.4. The van der Waals surface area contributed by atoms with Gasteiger partial charge in [-0.15, -0.1) is 0 Å². The van der Waals surface area contributed by atoms with Crippen molar-refractivity contribution in [2.75, 3.05) is 18.5 Å². The van der Waals surface area contributed by atoms with Crippen LogP contribution in [0.5, 0.6) is 17.2 Å². The topological polar surface area (TPSA) is 67.8 Å². The highest BCUT2D eigenvalue weighted by Crippen LogP contribution is 2.29. The van der Waals surface area contributed by atoms with Crippen molar-refractivity contribution in [1.29, 1.82) is 0 Å². The maximum absolute atomic E-state index is 12.3. The molecule has 2 aromatic carbocycles. The molecule has 0 aliphatic rings. The molecule has 5 nitrogen and oxygen atoms in total. The lowest BCUT2D eigenvalue weighted by atomic mass is 10.1. The number of nitrogens with one attached hydrogen (secondary N) is 1. The second-order valence-electron chi connectivity index (χ2n) is 4.70. The Morgan fingerprint density at radius 3 is 2.57 bits per heavy atom. The van der Waals surface area contributed by atoms with Gasteiger partial charge in [0.05, 0.1) is 6.61 Å². The highest BCUT2D eigenvalue weighted by atomic mass is 16.5. The summed E-state index contributed by atoms with van der Waals surface area (Å²) < 4.78 is 11.0. The van der Waals surface area contributed by atoms with Gasteiger partial charge in [-0.2, -0.15) is 0 Å². The van der Waals surface area contributed by atoms with Crippen molar-refractivity contribution in [3.05, 3.63) is 60.7 Å². The molecule has 0 aromatic heterocycles. The minimum absolute atomic E-state index is 0.144. The molecule has 0 saturated heterocycles. The molecule has 120 valence electrons. The highest BCUT2D eigenvalue weighted by Gasteiger charge is 2.12. The van der Waals surface area contributed by atoms with Crippen LogP contribution in [0, 0.1) is 0 Å². The monoisotopic (exact) mass is 313 g/mol. The van der Waals surface area contributed by atoms with Crippen molar-refractivity contribution < 1.29 is 19.4 Å². The summed E-state index contributed by atoms with van der Waals surface area (Å²) in [5.41, 5.74) is 1.05. The fourth-order valence-corrected chi connectivity index (χ4v) is 1.93. The molecule has 0 spiro atoms. The van der Waals surface area contributed by atoms with E-state index >= 15 is 0 Å². The molecule has 2 rings (SSSR count). The van der Waals surface area contributed by atoms with Crippen LogP contribution in [0.1, 0.15) is 17.3 Å². The van der Waals surface area contributed by atoms with Gasteiger partial charge in [0.1, 0.15) is 12.4 Å². The van der Waals surface area contributed by atoms with E-state index in [1.54, 1.807) is 36.4 Å². The van der Waals surface area contributed by atoms with Crippen molar-refractivity contribution in [3.8, 4) is 17.2 Å². The van der Waals surface area contributed by atoms with Crippen LogP contribution in [0.4, 0.5) is 5.69 Å². The second kappa shape index (κ2) is 7.89. The molecule has 0 atom stereocenters. The molecule has 1 amide bonds. The molecule has 2 aromatic rings. The summed E-state index contributed by atoms with van der Waals surface area (Å²) in [6, 6.07) is 11.3. The normalized spacial score (nSPS) is 9.96. The van der Waals surface area contributed by atoms with E-state index in [9.17, 15) is 9.90 Å². The second-order valence-corrected chi connectivity index (χ2v) is 4.70. The zero-order valence-electron chi connectivity index (χ0n) is 12.9. The highest BCUT2D eigenvalue weighted by molar-refractivity contribution is 6.04. The van der Waals surface area contributed by atoms with Crippen molar-refractivity contribution in [1.82, 2.24) is 0 Å². The smallest absolute Gasteiger partial charge is 0.255 e. The Morgan fingerprint density at radius 2 is 1.91 bits per heavy atom. The van der Waals surface area contributed by atoms with Crippen LogP contribution in [-0.2, 0) is 0 Å². The molecule has 0 heterocycles. The summed E-state index contributed by atoms with van der Waals surface area (Å²) in [5.74, 6) is 0.943. The molecular weight excluding hydrogens is 294 g/mol. The zero-order chi connectivity index (χ0) is 16.7. The van der Waals surface area contributed by atoms with E-state index in [4.69, 9.17) is 9.47 Å². The molecule has 23 heavy (non-hydrogen) atoms. The summed E-state index contributed by atoms with van der Waals surface area (Å²) in [4.78, 5) is 12.3. The fraction of sp³-hybridized carbons (Fsp3) is 0.167. The maximum atomic E-state index is 12.3. The summed E-state index contributed by atoms with van der Waals surface area (Å²) >= 11 is 0. The third-order valence-corrected chi connectivity index (χ3v) is 2.99. The number of carbonyl (C=O) groups is 1. The van der Waals surface area contributed by atoms with Gasteiger partial charge in [0.2, 0.25) is 0 Å². The van der Waals surface area contributed by atoms with Gasteiger partial charge in [-0.1, -0.05) is 12.7 Å². The van der Waals surface area contributed by atoms with Gasteiger partial charge < -0.3 is 19.9 Å². The Kier molecular flexibility index (Phi) is 5.63. The number of anilines is 1. The molecule has 0 aliphatic carbocycles. The summed E-state index contributed by atoms with van der Waals surface area (Å²) in [5, 5.41) is 12.0. The molecule has 2 N–H and O–H groups in total. The van der Waals surface area contributed by atoms with Gasteiger partial charge in [-0.3, -0.25) is 4.79 Å². The van der Waals surface area contributed by atoms with Crippen LogP contribution in [0.3, 0.4) is 0 Å². The van der Waals surface area contributed by atoms with E-state index in [0.29, 0.717) is 36.0 Å². The fourth-order valence-electron chi connectivity index (χ4n) is 1.93. The number of benzene rings is 2. The Labute approximate surface area is 135 Å². The lowest BCUT2D eigenvalue weighted by Crippen LogP contribution is -2.12. The van der Waals surface area contributed by atoms with Gasteiger partial charge in [0.25, 0.3) is 5.91 Å². The summed E-state index contributed by atoms with van der Waals surface area (Å²) in [6.45, 7) is 6.29.